The van der Waals surface area contributed by atoms with Gasteiger partial charge in [0.05, 0.1) is 13.2 Å². The Balaban J connectivity index is 1.37. The molecular formula is C25H26N6O3. The summed E-state index contributed by atoms with van der Waals surface area (Å²) >= 11 is 0. The van der Waals surface area contributed by atoms with Crippen LogP contribution in [0.25, 0.3) is 16.8 Å². The van der Waals surface area contributed by atoms with Crippen molar-refractivity contribution < 1.29 is 14.3 Å². The van der Waals surface area contributed by atoms with Crippen LogP contribution in [0, 0.1) is 5.92 Å². The number of hydrogen-bond acceptors (Lipinski definition) is 7. The number of anilines is 1. The van der Waals surface area contributed by atoms with Gasteiger partial charge in [-0.2, -0.15) is 4.98 Å². The van der Waals surface area contributed by atoms with Crippen molar-refractivity contribution in [2.24, 2.45) is 5.92 Å². The average molecular weight is 459 g/mol. The van der Waals surface area contributed by atoms with Crippen LogP contribution in [0.1, 0.15) is 35.7 Å². The van der Waals surface area contributed by atoms with Gasteiger partial charge in [-0.25, -0.2) is 9.50 Å². The van der Waals surface area contributed by atoms with E-state index >= 15 is 0 Å². The highest BCUT2D eigenvalue weighted by molar-refractivity contribution is 5.97. The second kappa shape index (κ2) is 9.38. The summed E-state index contributed by atoms with van der Waals surface area (Å²) < 4.78 is 13.2. The third-order valence-corrected chi connectivity index (χ3v) is 5.65. The number of pyridine rings is 2. The zero-order valence-electron chi connectivity index (χ0n) is 18.9. The number of nitrogen functional groups attached to an aromatic ring is 1. The summed E-state index contributed by atoms with van der Waals surface area (Å²) in [5.74, 6) is 1.66. The summed E-state index contributed by atoms with van der Waals surface area (Å²) in [6.45, 7) is 3.30. The number of benzene rings is 1. The van der Waals surface area contributed by atoms with Gasteiger partial charge in [0.25, 0.3) is 5.91 Å². The highest BCUT2D eigenvalue weighted by Gasteiger charge is 2.22. The molecule has 174 valence electrons. The fourth-order valence-electron chi connectivity index (χ4n) is 3.66. The van der Waals surface area contributed by atoms with Gasteiger partial charge in [0.2, 0.25) is 11.8 Å². The molecule has 3 N–H and O–H groups in total. The molecule has 1 aromatic carbocycles. The van der Waals surface area contributed by atoms with Crippen molar-refractivity contribution in [2.75, 3.05) is 18.9 Å². The smallest absolute Gasteiger partial charge is 0.257 e. The first-order chi connectivity index (χ1) is 16.6. The van der Waals surface area contributed by atoms with E-state index in [-0.39, 0.29) is 17.7 Å². The molecule has 4 aromatic rings. The number of nitrogens with one attached hydrogen (secondary N) is 1. The third kappa shape index (κ3) is 4.78. The van der Waals surface area contributed by atoms with E-state index in [1.165, 1.54) is 12.8 Å². The van der Waals surface area contributed by atoms with Crippen molar-refractivity contribution in [2.45, 2.75) is 26.3 Å². The van der Waals surface area contributed by atoms with Crippen LogP contribution in [0.5, 0.6) is 11.6 Å². The summed E-state index contributed by atoms with van der Waals surface area (Å²) in [4.78, 5) is 21.8. The lowest BCUT2D eigenvalue weighted by Crippen LogP contribution is -2.24. The first kappa shape index (κ1) is 21.7. The number of aromatic nitrogens is 4. The molecule has 9 nitrogen and oxygen atoms in total. The number of nitrogens with two attached hydrogens (primary N) is 1. The number of amides is 1. The van der Waals surface area contributed by atoms with Crippen molar-refractivity contribution in [3.8, 4) is 22.8 Å². The number of nitrogens with zero attached hydrogens (tertiary/aromatic N) is 4. The molecule has 0 saturated heterocycles. The van der Waals surface area contributed by atoms with Crippen LogP contribution >= 0.6 is 0 Å². The first-order valence-corrected chi connectivity index (χ1v) is 11.3. The van der Waals surface area contributed by atoms with Crippen LogP contribution in [0.2, 0.25) is 0 Å². The molecule has 34 heavy (non-hydrogen) atoms. The first-order valence-electron chi connectivity index (χ1n) is 11.3. The van der Waals surface area contributed by atoms with Gasteiger partial charge in [-0.1, -0.05) is 18.2 Å². The number of carbonyl (C=O) groups excluding carboxylic acids is 1. The van der Waals surface area contributed by atoms with E-state index in [0.717, 1.165) is 22.4 Å². The summed E-state index contributed by atoms with van der Waals surface area (Å²) in [6, 6.07) is 13.3. The summed E-state index contributed by atoms with van der Waals surface area (Å²) in [6.07, 6.45) is 5.89. The van der Waals surface area contributed by atoms with Gasteiger partial charge in [-0.05, 0) is 55.5 Å². The lowest BCUT2D eigenvalue weighted by molar-refractivity contribution is 0.0946. The molecule has 0 unspecified atom stereocenters. The normalized spacial score (nSPS) is 13.1. The molecule has 0 aliphatic heterocycles. The zero-order chi connectivity index (χ0) is 23.5. The van der Waals surface area contributed by atoms with Crippen molar-refractivity contribution in [3.63, 3.8) is 0 Å². The van der Waals surface area contributed by atoms with Crippen molar-refractivity contribution in [1.82, 2.24) is 24.9 Å². The monoisotopic (exact) mass is 458 g/mol. The largest absolute Gasteiger partial charge is 0.493 e. The lowest BCUT2D eigenvalue weighted by atomic mass is 10.1. The van der Waals surface area contributed by atoms with Crippen LogP contribution < -0.4 is 20.5 Å². The maximum absolute atomic E-state index is 13.2. The van der Waals surface area contributed by atoms with E-state index in [2.05, 4.69) is 20.4 Å². The topological polar surface area (TPSA) is 117 Å². The standard InChI is InChI=1S/C25H26N6O3/c1-2-33-24-20(11-19(14-28-24)17-9-10-31-22(12-17)29-25(26)30-31)23(32)27-13-18-5-3-4-6-21(18)34-15-16-7-8-16/h3-6,9-12,14,16H,2,7-8,13,15H2,1H3,(H2,26,30)(H,27,32). The molecule has 0 spiro atoms. The summed E-state index contributed by atoms with van der Waals surface area (Å²) in [5, 5.41) is 7.08. The molecule has 3 heterocycles. The van der Waals surface area contributed by atoms with Gasteiger partial charge in [0.15, 0.2) is 5.65 Å². The van der Waals surface area contributed by atoms with Crippen LogP contribution in [0.3, 0.4) is 0 Å². The number of para-hydroxylation sites is 1. The predicted molar refractivity (Wildman–Crippen MR) is 128 cm³/mol. The Morgan fingerprint density at radius 2 is 2.03 bits per heavy atom. The second-order valence-electron chi connectivity index (χ2n) is 8.24. The van der Waals surface area contributed by atoms with Gasteiger partial charge in [-0.15, -0.1) is 5.10 Å². The van der Waals surface area contributed by atoms with Crippen LogP contribution in [0.4, 0.5) is 5.95 Å². The minimum absolute atomic E-state index is 0.198. The quantitative estimate of drug-likeness (QED) is 0.394. The molecule has 0 bridgehead atoms. The van der Waals surface area contributed by atoms with E-state index in [4.69, 9.17) is 15.2 Å². The number of rotatable bonds is 9. The molecular weight excluding hydrogens is 432 g/mol. The summed E-state index contributed by atoms with van der Waals surface area (Å²) in [5.41, 5.74) is 9.17. The molecule has 1 amide bonds. The Bertz CT molecular complexity index is 1330. The van der Waals surface area contributed by atoms with Crippen molar-refractivity contribution in [3.05, 3.63) is 66.0 Å². The molecule has 0 radical (unpaired) electrons. The second-order valence-corrected chi connectivity index (χ2v) is 8.24. The molecule has 1 aliphatic rings. The number of fused-ring (bicyclic) bond motifs is 1. The van der Waals surface area contributed by atoms with E-state index in [9.17, 15) is 4.79 Å². The number of carbonyl (C=O) groups is 1. The Morgan fingerprint density at radius 3 is 2.85 bits per heavy atom. The van der Waals surface area contributed by atoms with Gasteiger partial charge in [0.1, 0.15) is 11.3 Å². The van der Waals surface area contributed by atoms with E-state index in [1.807, 2.05) is 43.3 Å². The lowest BCUT2D eigenvalue weighted by Gasteiger charge is -2.14. The SMILES string of the molecule is CCOc1ncc(-c2ccn3nc(N)nc3c2)cc1C(=O)NCc1ccccc1OCC1CC1. The summed E-state index contributed by atoms with van der Waals surface area (Å²) in [7, 11) is 0. The highest BCUT2D eigenvalue weighted by atomic mass is 16.5. The number of ether oxygens (including phenoxy) is 2. The molecule has 3 aromatic heterocycles. The molecule has 1 aliphatic carbocycles. The minimum Gasteiger partial charge on any atom is -0.493 e. The molecule has 5 rings (SSSR count). The highest BCUT2D eigenvalue weighted by Crippen LogP contribution is 2.30. The van der Waals surface area contributed by atoms with Gasteiger partial charge >= 0.3 is 0 Å². The van der Waals surface area contributed by atoms with Crippen LogP contribution in [-0.4, -0.2) is 38.7 Å². The number of hydrogen-bond donors (Lipinski definition) is 2. The molecule has 1 fully saturated rings. The van der Waals surface area contributed by atoms with Crippen LogP contribution in [-0.2, 0) is 6.54 Å². The van der Waals surface area contributed by atoms with Crippen molar-refractivity contribution >= 4 is 17.5 Å². The minimum atomic E-state index is -0.275. The molecule has 0 atom stereocenters. The Kier molecular flexibility index (Phi) is 5.99. The molecule has 9 heteroatoms. The fraction of sp³-hybridized carbons (Fsp3) is 0.280. The van der Waals surface area contributed by atoms with Crippen LogP contribution in [0.15, 0.2) is 54.9 Å². The Morgan fingerprint density at radius 1 is 1.18 bits per heavy atom. The average Bonchev–Trinajstić information content (AvgIpc) is 3.60. The van der Waals surface area contributed by atoms with Gasteiger partial charge in [0, 0.05) is 30.1 Å². The third-order valence-electron chi connectivity index (χ3n) is 5.65. The van der Waals surface area contributed by atoms with Gasteiger partial charge < -0.3 is 20.5 Å². The van der Waals surface area contributed by atoms with Crippen molar-refractivity contribution in [1.29, 1.82) is 0 Å². The Labute approximate surface area is 196 Å². The predicted octanol–water partition coefficient (Wildman–Crippen LogP) is 3.49. The fourth-order valence-corrected chi connectivity index (χ4v) is 3.66. The maximum Gasteiger partial charge on any atom is 0.257 e. The van der Waals surface area contributed by atoms with E-state index in [0.29, 0.717) is 36.9 Å². The zero-order valence-corrected chi connectivity index (χ0v) is 18.9. The Hall–Kier alpha value is -4.14. The van der Waals surface area contributed by atoms with E-state index < -0.39 is 0 Å². The van der Waals surface area contributed by atoms with Gasteiger partial charge in [-0.3, -0.25) is 4.79 Å². The maximum atomic E-state index is 13.2. The van der Waals surface area contributed by atoms with E-state index in [1.54, 1.807) is 23.0 Å². The molecule has 1 saturated carbocycles.